The number of pyridine rings is 1. The molecule has 2 aromatic rings. The average Bonchev–Trinajstić information content (AvgIpc) is 2.61. The van der Waals surface area contributed by atoms with Crippen LogP contribution >= 0.6 is 11.6 Å². The minimum absolute atomic E-state index is 0.304. The van der Waals surface area contributed by atoms with Gasteiger partial charge >= 0.3 is 0 Å². The molecule has 0 spiro atoms. The van der Waals surface area contributed by atoms with Gasteiger partial charge in [0.2, 0.25) is 0 Å². The number of nitrogens with one attached hydrogen (secondary N) is 2. The first-order valence-electron chi connectivity index (χ1n) is 7.79. The highest BCUT2D eigenvalue weighted by atomic mass is 35.5. The van der Waals surface area contributed by atoms with Gasteiger partial charge in [-0.1, -0.05) is 18.5 Å². The summed E-state index contributed by atoms with van der Waals surface area (Å²) in [5.41, 5.74) is 0.436. The molecule has 0 saturated carbocycles. The molecule has 1 aliphatic heterocycles. The van der Waals surface area contributed by atoms with Crippen molar-refractivity contribution in [2.45, 2.75) is 13.0 Å². The number of nitrogens with zero attached hydrogens (tertiary/aromatic N) is 1. The van der Waals surface area contributed by atoms with E-state index in [1.807, 2.05) is 0 Å². The molecule has 1 aromatic heterocycles. The summed E-state index contributed by atoms with van der Waals surface area (Å²) in [6.07, 6.45) is 1.44. The minimum atomic E-state index is -0.777. The number of aliphatic hydroxyl groups excluding tert-OH is 1. The standard InChI is InChI=1S/C18H15ClFN3O3/c1-9-15(13-7-2-10(19)8-21-13)23-18(26)14(16(9)24)17(25)22-12-5-3-11(20)4-6-12/h2-9,15,24H,1H3,(H,22,25)(H,23,26). The lowest BCUT2D eigenvalue weighted by atomic mass is 9.89. The van der Waals surface area contributed by atoms with Gasteiger partial charge in [0.05, 0.1) is 16.8 Å². The lowest BCUT2D eigenvalue weighted by Gasteiger charge is -2.30. The molecule has 26 heavy (non-hydrogen) atoms. The first-order chi connectivity index (χ1) is 12.4. The average molecular weight is 376 g/mol. The highest BCUT2D eigenvalue weighted by molar-refractivity contribution is 6.30. The molecule has 134 valence electrons. The Morgan fingerprint density at radius 2 is 1.96 bits per heavy atom. The van der Waals surface area contributed by atoms with Crippen LogP contribution in [0.3, 0.4) is 0 Å². The Bertz CT molecular complexity index is 882. The Hall–Kier alpha value is -2.93. The van der Waals surface area contributed by atoms with Crippen LogP contribution in [-0.4, -0.2) is 21.9 Å². The molecule has 1 aromatic carbocycles. The molecule has 2 amide bonds. The molecule has 2 unspecified atom stereocenters. The van der Waals surface area contributed by atoms with E-state index < -0.39 is 29.6 Å². The van der Waals surface area contributed by atoms with Crippen molar-refractivity contribution in [1.29, 1.82) is 0 Å². The van der Waals surface area contributed by atoms with Crippen molar-refractivity contribution < 1.29 is 19.1 Å². The van der Waals surface area contributed by atoms with Gasteiger partial charge in [-0.3, -0.25) is 14.6 Å². The van der Waals surface area contributed by atoms with E-state index in [-0.39, 0.29) is 11.3 Å². The first kappa shape index (κ1) is 17.9. The van der Waals surface area contributed by atoms with Crippen LogP contribution < -0.4 is 10.6 Å². The van der Waals surface area contributed by atoms with Gasteiger partial charge in [-0.15, -0.1) is 0 Å². The first-order valence-corrected chi connectivity index (χ1v) is 8.17. The topological polar surface area (TPSA) is 91.3 Å². The van der Waals surface area contributed by atoms with Crippen molar-refractivity contribution in [3.8, 4) is 0 Å². The van der Waals surface area contributed by atoms with Crippen molar-refractivity contribution in [1.82, 2.24) is 10.3 Å². The summed E-state index contributed by atoms with van der Waals surface area (Å²) in [4.78, 5) is 28.9. The Labute approximate surface area is 153 Å². The molecule has 3 rings (SSSR count). The molecule has 2 heterocycles. The number of hydrogen-bond donors (Lipinski definition) is 3. The monoisotopic (exact) mass is 375 g/mol. The molecule has 3 N–H and O–H groups in total. The SMILES string of the molecule is CC1C(O)=C(C(=O)Nc2ccc(F)cc2)C(=O)NC1c1ccc(Cl)cn1. The molecule has 0 fully saturated rings. The number of aromatic nitrogens is 1. The molecule has 0 saturated heterocycles. The maximum absolute atomic E-state index is 12.9. The molecule has 8 heteroatoms. The number of halogens is 2. The van der Waals surface area contributed by atoms with Crippen molar-refractivity contribution >= 4 is 29.1 Å². The van der Waals surface area contributed by atoms with E-state index in [4.69, 9.17) is 11.6 Å². The quantitative estimate of drug-likeness (QED) is 0.719. The molecule has 2 atom stereocenters. The van der Waals surface area contributed by atoms with Crippen LogP contribution in [0, 0.1) is 11.7 Å². The van der Waals surface area contributed by atoms with E-state index in [9.17, 15) is 19.1 Å². The number of hydrogen-bond acceptors (Lipinski definition) is 4. The van der Waals surface area contributed by atoms with E-state index in [1.54, 1.807) is 19.1 Å². The van der Waals surface area contributed by atoms with E-state index >= 15 is 0 Å². The molecular weight excluding hydrogens is 361 g/mol. The zero-order chi connectivity index (χ0) is 18.8. The van der Waals surface area contributed by atoms with Gasteiger partial charge in [-0.25, -0.2) is 4.39 Å². The van der Waals surface area contributed by atoms with E-state index in [1.165, 1.54) is 30.5 Å². The van der Waals surface area contributed by atoms with Gasteiger partial charge in [-0.2, -0.15) is 0 Å². The summed E-state index contributed by atoms with van der Waals surface area (Å²) < 4.78 is 12.9. The fourth-order valence-electron chi connectivity index (χ4n) is 2.69. The third-order valence-electron chi connectivity index (χ3n) is 4.10. The zero-order valence-electron chi connectivity index (χ0n) is 13.7. The fourth-order valence-corrected chi connectivity index (χ4v) is 2.80. The summed E-state index contributed by atoms with van der Waals surface area (Å²) in [5.74, 6) is -2.86. The number of amides is 2. The summed E-state index contributed by atoms with van der Waals surface area (Å²) in [6, 6.07) is 7.74. The molecule has 0 radical (unpaired) electrons. The lowest BCUT2D eigenvalue weighted by Crippen LogP contribution is -2.43. The Morgan fingerprint density at radius 3 is 2.58 bits per heavy atom. The highest BCUT2D eigenvalue weighted by Crippen LogP contribution is 2.32. The number of carbonyl (C=O) groups excluding carboxylic acids is 2. The van der Waals surface area contributed by atoms with Gasteiger partial charge in [0.1, 0.15) is 17.1 Å². The summed E-state index contributed by atoms with van der Waals surface area (Å²) in [6.45, 7) is 1.67. The van der Waals surface area contributed by atoms with Gasteiger partial charge < -0.3 is 15.7 Å². The van der Waals surface area contributed by atoms with Gasteiger partial charge in [0, 0.05) is 17.8 Å². The molecular formula is C18H15ClFN3O3. The second kappa shape index (κ2) is 7.13. The normalized spacial score (nSPS) is 19.9. The van der Waals surface area contributed by atoms with Crippen LogP contribution in [0.25, 0.3) is 0 Å². The van der Waals surface area contributed by atoms with Crippen molar-refractivity contribution in [2.24, 2.45) is 5.92 Å². The molecule has 0 aliphatic carbocycles. The van der Waals surface area contributed by atoms with E-state index in [2.05, 4.69) is 15.6 Å². The Morgan fingerprint density at radius 1 is 1.27 bits per heavy atom. The highest BCUT2D eigenvalue weighted by Gasteiger charge is 2.38. The van der Waals surface area contributed by atoms with Crippen LogP contribution in [0.5, 0.6) is 0 Å². The largest absolute Gasteiger partial charge is 0.511 e. The number of aliphatic hydroxyl groups is 1. The zero-order valence-corrected chi connectivity index (χ0v) is 14.4. The predicted molar refractivity (Wildman–Crippen MR) is 94.0 cm³/mol. The molecule has 0 bridgehead atoms. The predicted octanol–water partition coefficient (Wildman–Crippen LogP) is 3.13. The maximum atomic E-state index is 12.9. The number of anilines is 1. The second-order valence-electron chi connectivity index (χ2n) is 5.86. The van der Waals surface area contributed by atoms with Gasteiger partial charge in [0.25, 0.3) is 11.8 Å². The minimum Gasteiger partial charge on any atom is -0.511 e. The summed E-state index contributed by atoms with van der Waals surface area (Å²) >= 11 is 5.81. The lowest BCUT2D eigenvalue weighted by molar-refractivity contribution is -0.123. The van der Waals surface area contributed by atoms with Gasteiger partial charge in [0.15, 0.2) is 0 Å². The number of benzene rings is 1. The van der Waals surface area contributed by atoms with Crippen LogP contribution in [0.4, 0.5) is 10.1 Å². The Kier molecular flexibility index (Phi) is 4.90. The van der Waals surface area contributed by atoms with Crippen LogP contribution in [0.1, 0.15) is 18.7 Å². The van der Waals surface area contributed by atoms with E-state index in [0.717, 1.165) is 0 Å². The summed E-state index contributed by atoms with van der Waals surface area (Å²) in [5, 5.41) is 16.0. The fraction of sp³-hybridized carbons (Fsp3) is 0.167. The number of carbonyl (C=O) groups is 2. The number of rotatable bonds is 3. The third kappa shape index (κ3) is 3.52. The van der Waals surface area contributed by atoms with E-state index in [0.29, 0.717) is 16.4 Å². The van der Waals surface area contributed by atoms with Crippen LogP contribution in [0.2, 0.25) is 5.02 Å². The third-order valence-corrected chi connectivity index (χ3v) is 4.32. The Balaban J connectivity index is 1.85. The van der Waals surface area contributed by atoms with Crippen molar-refractivity contribution in [3.05, 3.63) is 70.5 Å². The van der Waals surface area contributed by atoms with Crippen LogP contribution in [0.15, 0.2) is 53.9 Å². The molecule has 6 nitrogen and oxygen atoms in total. The van der Waals surface area contributed by atoms with Crippen LogP contribution in [-0.2, 0) is 9.59 Å². The van der Waals surface area contributed by atoms with Crippen molar-refractivity contribution in [2.75, 3.05) is 5.32 Å². The molecule has 1 aliphatic rings. The smallest absolute Gasteiger partial charge is 0.264 e. The van der Waals surface area contributed by atoms with Crippen molar-refractivity contribution in [3.63, 3.8) is 0 Å². The van der Waals surface area contributed by atoms with Gasteiger partial charge in [-0.05, 0) is 36.4 Å². The summed E-state index contributed by atoms with van der Waals surface area (Å²) in [7, 11) is 0. The maximum Gasteiger partial charge on any atom is 0.264 e. The second-order valence-corrected chi connectivity index (χ2v) is 6.30.